The van der Waals surface area contributed by atoms with Crippen molar-refractivity contribution in [2.75, 3.05) is 37.4 Å². The fourth-order valence-electron chi connectivity index (χ4n) is 2.82. The van der Waals surface area contributed by atoms with E-state index in [-0.39, 0.29) is 5.91 Å². The number of benzene rings is 1. The van der Waals surface area contributed by atoms with E-state index in [1.165, 1.54) is 0 Å². The van der Waals surface area contributed by atoms with Crippen molar-refractivity contribution in [2.24, 2.45) is 0 Å². The molecule has 0 radical (unpaired) electrons. The maximum Gasteiger partial charge on any atom is 0.277 e. The summed E-state index contributed by atoms with van der Waals surface area (Å²) in [5.74, 6) is -0.291. The third-order valence-electron chi connectivity index (χ3n) is 4.11. The molecule has 24 heavy (non-hydrogen) atoms. The molecule has 7 nitrogen and oxygen atoms in total. The van der Waals surface area contributed by atoms with Gasteiger partial charge in [-0.25, -0.2) is 4.68 Å². The highest BCUT2D eigenvalue weighted by Gasteiger charge is 2.19. The van der Waals surface area contributed by atoms with Gasteiger partial charge in [-0.3, -0.25) is 4.79 Å². The molecule has 1 aliphatic rings. The standard InChI is InChI=1S/C16H21ClN6O/c1-22(2)15-4-3-11(17)9-13(15)19-16(24)14-10-23(21-20-14)12-5-7-18-8-6-12/h3-4,9-10,12,18H,5-8H2,1-2H3,(H,19,24). The molecule has 2 aromatic rings. The van der Waals surface area contributed by atoms with Crippen molar-refractivity contribution < 1.29 is 4.79 Å². The average molecular weight is 349 g/mol. The van der Waals surface area contributed by atoms with E-state index >= 15 is 0 Å². The molecule has 2 heterocycles. The second-order valence-electron chi connectivity index (χ2n) is 6.07. The lowest BCUT2D eigenvalue weighted by Gasteiger charge is -2.22. The van der Waals surface area contributed by atoms with Crippen molar-refractivity contribution in [3.8, 4) is 0 Å². The number of rotatable bonds is 4. The van der Waals surface area contributed by atoms with E-state index in [1.54, 1.807) is 23.0 Å². The maximum absolute atomic E-state index is 12.5. The van der Waals surface area contributed by atoms with Crippen LogP contribution in [0, 0.1) is 0 Å². The number of hydrogen-bond acceptors (Lipinski definition) is 5. The first-order valence-electron chi connectivity index (χ1n) is 7.95. The zero-order valence-corrected chi connectivity index (χ0v) is 14.5. The first kappa shape index (κ1) is 16.7. The van der Waals surface area contributed by atoms with Gasteiger partial charge in [-0.05, 0) is 44.1 Å². The van der Waals surface area contributed by atoms with E-state index in [1.807, 2.05) is 25.1 Å². The number of hydrogen-bond donors (Lipinski definition) is 2. The topological polar surface area (TPSA) is 75.1 Å². The Morgan fingerprint density at radius 2 is 2.12 bits per heavy atom. The van der Waals surface area contributed by atoms with Gasteiger partial charge in [-0.2, -0.15) is 0 Å². The molecule has 0 bridgehead atoms. The summed E-state index contributed by atoms with van der Waals surface area (Å²) in [6, 6.07) is 5.68. The number of nitrogens with zero attached hydrogens (tertiary/aromatic N) is 4. The molecular weight excluding hydrogens is 328 g/mol. The minimum atomic E-state index is -0.291. The Hall–Kier alpha value is -2.12. The summed E-state index contributed by atoms with van der Waals surface area (Å²) >= 11 is 6.05. The molecule has 0 spiro atoms. The second-order valence-corrected chi connectivity index (χ2v) is 6.51. The Morgan fingerprint density at radius 1 is 1.38 bits per heavy atom. The number of carbonyl (C=O) groups is 1. The minimum absolute atomic E-state index is 0.291. The molecule has 0 atom stereocenters. The Bertz CT molecular complexity index is 723. The predicted octanol–water partition coefficient (Wildman–Crippen LogP) is 2.17. The quantitative estimate of drug-likeness (QED) is 0.885. The summed E-state index contributed by atoms with van der Waals surface area (Å²) in [5.41, 5.74) is 1.82. The minimum Gasteiger partial charge on any atom is -0.376 e. The van der Waals surface area contributed by atoms with Gasteiger partial charge in [-0.1, -0.05) is 16.8 Å². The monoisotopic (exact) mass is 348 g/mol. The molecule has 0 aliphatic carbocycles. The van der Waals surface area contributed by atoms with Crippen LogP contribution in [0.4, 0.5) is 11.4 Å². The van der Waals surface area contributed by atoms with Crippen LogP contribution in [0.1, 0.15) is 29.4 Å². The molecule has 2 N–H and O–H groups in total. The zero-order valence-electron chi connectivity index (χ0n) is 13.8. The lowest BCUT2D eigenvalue weighted by molar-refractivity contribution is 0.102. The van der Waals surface area contributed by atoms with Crippen LogP contribution in [0.2, 0.25) is 5.02 Å². The lowest BCUT2D eigenvalue weighted by Crippen LogP contribution is -2.29. The summed E-state index contributed by atoms with van der Waals surface area (Å²) in [6.45, 7) is 1.92. The van der Waals surface area contributed by atoms with E-state index in [4.69, 9.17) is 11.6 Å². The predicted molar refractivity (Wildman–Crippen MR) is 94.9 cm³/mol. The third-order valence-corrected chi connectivity index (χ3v) is 4.35. The van der Waals surface area contributed by atoms with Crippen molar-refractivity contribution in [1.82, 2.24) is 20.3 Å². The van der Waals surface area contributed by atoms with Crippen molar-refractivity contribution in [3.05, 3.63) is 35.1 Å². The largest absolute Gasteiger partial charge is 0.376 e. The van der Waals surface area contributed by atoms with Gasteiger partial charge in [0.05, 0.1) is 23.6 Å². The Labute approximate surface area is 146 Å². The number of carbonyl (C=O) groups excluding carboxylic acids is 1. The van der Waals surface area contributed by atoms with Crippen molar-refractivity contribution in [1.29, 1.82) is 0 Å². The number of halogens is 1. The molecule has 1 amide bonds. The molecule has 128 valence electrons. The highest BCUT2D eigenvalue weighted by Crippen LogP contribution is 2.28. The van der Waals surface area contributed by atoms with Crippen molar-refractivity contribution in [3.63, 3.8) is 0 Å². The van der Waals surface area contributed by atoms with Gasteiger partial charge >= 0.3 is 0 Å². The number of nitrogens with one attached hydrogen (secondary N) is 2. The molecule has 1 fully saturated rings. The Morgan fingerprint density at radius 3 is 2.83 bits per heavy atom. The van der Waals surface area contributed by atoms with Crippen molar-refractivity contribution in [2.45, 2.75) is 18.9 Å². The van der Waals surface area contributed by atoms with E-state index in [0.29, 0.717) is 22.4 Å². The second kappa shape index (κ2) is 7.19. The van der Waals surface area contributed by atoms with Crippen LogP contribution in [0.15, 0.2) is 24.4 Å². The fraction of sp³-hybridized carbons (Fsp3) is 0.438. The van der Waals surface area contributed by atoms with Gasteiger partial charge in [0.25, 0.3) is 5.91 Å². The van der Waals surface area contributed by atoms with Crippen molar-refractivity contribution >= 4 is 28.9 Å². The maximum atomic E-state index is 12.5. The molecule has 1 aromatic carbocycles. The molecular formula is C16H21ClN6O. The fourth-order valence-corrected chi connectivity index (χ4v) is 2.99. The van der Waals surface area contributed by atoms with Crippen LogP contribution < -0.4 is 15.5 Å². The SMILES string of the molecule is CN(C)c1ccc(Cl)cc1NC(=O)c1cn(C2CCNCC2)nn1. The Kier molecular flexibility index (Phi) is 5.01. The summed E-state index contributed by atoms with van der Waals surface area (Å²) < 4.78 is 1.79. The number of anilines is 2. The normalized spacial score (nSPS) is 15.3. The first-order valence-corrected chi connectivity index (χ1v) is 8.33. The van der Waals surface area contributed by atoms with E-state index in [9.17, 15) is 4.79 Å². The molecule has 1 saturated heterocycles. The molecule has 3 rings (SSSR count). The van der Waals surface area contributed by atoms with Gasteiger partial charge in [0.2, 0.25) is 0 Å². The number of amides is 1. The van der Waals surface area contributed by atoms with Gasteiger partial charge in [0.1, 0.15) is 0 Å². The van der Waals surface area contributed by atoms with Gasteiger partial charge < -0.3 is 15.5 Å². The van der Waals surface area contributed by atoms with Crippen LogP contribution in [0.3, 0.4) is 0 Å². The molecule has 0 unspecified atom stereocenters. The summed E-state index contributed by atoms with van der Waals surface area (Å²) in [4.78, 5) is 14.4. The summed E-state index contributed by atoms with van der Waals surface area (Å²) in [6.07, 6.45) is 3.69. The highest BCUT2D eigenvalue weighted by molar-refractivity contribution is 6.31. The van der Waals surface area contributed by atoms with Gasteiger partial charge in [0.15, 0.2) is 5.69 Å². The zero-order chi connectivity index (χ0) is 17.1. The van der Waals surface area contributed by atoms with Gasteiger partial charge in [0, 0.05) is 19.1 Å². The molecule has 0 saturated carbocycles. The van der Waals surface area contributed by atoms with Gasteiger partial charge in [-0.15, -0.1) is 5.10 Å². The van der Waals surface area contributed by atoms with E-state index < -0.39 is 0 Å². The van der Waals surface area contributed by atoms with Crippen LogP contribution in [0.5, 0.6) is 0 Å². The molecule has 1 aliphatic heterocycles. The molecule has 8 heteroatoms. The molecule has 1 aromatic heterocycles. The first-order chi connectivity index (χ1) is 11.5. The number of aromatic nitrogens is 3. The summed E-state index contributed by atoms with van der Waals surface area (Å²) in [7, 11) is 3.82. The third kappa shape index (κ3) is 3.68. The summed E-state index contributed by atoms with van der Waals surface area (Å²) in [5, 5.41) is 14.9. The lowest BCUT2D eigenvalue weighted by atomic mass is 10.1. The van der Waals surface area contributed by atoms with Crippen LogP contribution >= 0.6 is 11.6 Å². The van der Waals surface area contributed by atoms with E-state index in [2.05, 4.69) is 20.9 Å². The Balaban J connectivity index is 1.76. The van der Waals surface area contributed by atoms with Crippen LogP contribution in [-0.2, 0) is 0 Å². The van der Waals surface area contributed by atoms with E-state index in [0.717, 1.165) is 31.6 Å². The average Bonchev–Trinajstić information content (AvgIpc) is 3.05. The van der Waals surface area contributed by atoms with Crippen LogP contribution in [0.25, 0.3) is 0 Å². The highest BCUT2D eigenvalue weighted by atomic mass is 35.5. The number of piperidine rings is 1. The van der Waals surface area contributed by atoms with Crippen LogP contribution in [-0.4, -0.2) is 48.1 Å². The smallest absolute Gasteiger partial charge is 0.277 e.